The molecule has 1 saturated heterocycles. The third-order valence-corrected chi connectivity index (χ3v) is 3.77. The van der Waals surface area contributed by atoms with Crippen molar-refractivity contribution in [1.29, 1.82) is 0 Å². The van der Waals surface area contributed by atoms with Crippen molar-refractivity contribution < 1.29 is 0 Å². The van der Waals surface area contributed by atoms with Crippen molar-refractivity contribution in [3.05, 3.63) is 35.4 Å². The van der Waals surface area contributed by atoms with Gasteiger partial charge in [0.1, 0.15) is 0 Å². The quantitative estimate of drug-likeness (QED) is 0.825. The Morgan fingerprint density at radius 2 is 2.12 bits per heavy atom. The molecule has 2 rings (SSSR count). The lowest BCUT2D eigenvalue weighted by Gasteiger charge is -2.24. The molecule has 1 aliphatic rings. The van der Waals surface area contributed by atoms with E-state index < -0.39 is 0 Å². The summed E-state index contributed by atoms with van der Waals surface area (Å²) in [5, 5.41) is 0. The Hall–Kier alpha value is -0.860. The topological polar surface area (TPSA) is 29.3 Å². The summed E-state index contributed by atoms with van der Waals surface area (Å²) in [5.74, 6) is 0.618. The largest absolute Gasteiger partial charge is 0.326 e. The summed E-state index contributed by atoms with van der Waals surface area (Å²) in [4.78, 5) is 2.49. The average Bonchev–Trinajstić information content (AvgIpc) is 2.58. The van der Waals surface area contributed by atoms with E-state index in [2.05, 4.69) is 49.9 Å². The first-order valence-corrected chi connectivity index (χ1v) is 6.14. The van der Waals surface area contributed by atoms with Crippen molar-refractivity contribution >= 4 is 0 Å². The molecule has 88 valence electrons. The Bertz CT molecular complexity index is 352. The molecule has 1 aromatic rings. The monoisotopic (exact) mass is 218 g/mol. The zero-order chi connectivity index (χ0) is 11.7. The molecular formula is C14H22N2. The molecule has 1 aliphatic heterocycles. The number of likely N-dealkylation sites (tertiary alicyclic amines) is 1. The van der Waals surface area contributed by atoms with Gasteiger partial charge in [-0.25, -0.2) is 0 Å². The van der Waals surface area contributed by atoms with E-state index in [1.807, 2.05) is 0 Å². The van der Waals surface area contributed by atoms with Crippen molar-refractivity contribution in [2.24, 2.45) is 11.7 Å². The number of hydrogen-bond acceptors (Lipinski definition) is 2. The molecule has 3 atom stereocenters. The summed E-state index contributed by atoms with van der Waals surface area (Å²) in [6, 6.07) is 9.60. The van der Waals surface area contributed by atoms with Crippen LogP contribution in [0.15, 0.2) is 24.3 Å². The normalized spacial score (nSPS) is 28.2. The van der Waals surface area contributed by atoms with Crippen LogP contribution >= 0.6 is 0 Å². The Kier molecular flexibility index (Phi) is 3.31. The van der Waals surface area contributed by atoms with Crippen molar-refractivity contribution in [3.63, 3.8) is 0 Å². The molecule has 0 radical (unpaired) electrons. The maximum Gasteiger partial charge on any atom is 0.0320 e. The van der Waals surface area contributed by atoms with Gasteiger partial charge in [0.25, 0.3) is 0 Å². The van der Waals surface area contributed by atoms with Gasteiger partial charge in [0.15, 0.2) is 0 Å². The molecule has 1 fully saturated rings. The van der Waals surface area contributed by atoms with Gasteiger partial charge in [-0.05, 0) is 25.3 Å². The van der Waals surface area contributed by atoms with E-state index in [4.69, 9.17) is 5.73 Å². The number of nitrogens with zero attached hydrogens (tertiary/aromatic N) is 1. The van der Waals surface area contributed by atoms with Crippen LogP contribution in [0, 0.1) is 12.8 Å². The van der Waals surface area contributed by atoms with Gasteiger partial charge in [0.2, 0.25) is 0 Å². The van der Waals surface area contributed by atoms with Crippen LogP contribution in [0.2, 0.25) is 0 Å². The van der Waals surface area contributed by atoms with Crippen molar-refractivity contribution in [3.8, 4) is 0 Å². The fourth-order valence-corrected chi connectivity index (χ4v) is 2.49. The highest BCUT2D eigenvalue weighted by Gasteiger charge is 2.29. The molecule has 0 spiro atoms. The van der Waals surface area contributed by atoms with Gasteiger partial charge in [0.05, 0.1) is 0 Å². The second kappa shape index (κ2) is 4.56. The molecule has 0 aliphatic carbocycles. The Morgan fingerprint density at radius 1 is 1.38 bits per heavy atom. The van der Waals surface area contributed by atoms with Crippen LogP contribution in [0.5, 0.6) is 0 Å². The summed E-state index contributed by atoms with van der Waals surface area (Å²) in [6.45, 7) is 8.81. The summed E-state index contributed by atoms with van der Waals surface area (Å²) >= 11 is 0. The highest BCUT2D eigenvalue weighted by molar-refractivity contribution is 5.25. The minimum Gasteiger partial charge on any atom is -0.326 e. The summed E-state index contributed by atoms with van der Waals surface area (Å²) in [7, 11) is 0. The average molecular weight is 218 g/mol. The summed E-state index contributed by atoms with van der Waals surface area (Å²) < 4.78 is 0. The van der Waals surface area contributed by atoms with E-state index >= 15 is 0 Å². The highest BCUT2D eigenvalue weighted by Crippen LogP contribution is 2.26. The second-order valence-corrected chi connectivity index (χ2v) is 5.19. The molecule has 2 N–H and O–H groups in total. The third kappa shape index (κ3) is 2.28. The van der Waals surface area contributed by atoms with E-state index in [1.54, 1.807) is 0 Å². The molecule has 2 nitrogen and oxygen atoms in total. The highest BCUT2D eigenvalue weighted by atomic mass is 15.2. The van der Waals surface area contributed by atoms with Crippen molar-refractivity contribution in [1.82, 2.24) is 4.90 Å². The van der Waals surface area contributed by atoms with Gasteiger partial charge < -0.3 is 5.73 Å². The van der Waals surface area contributed by atoms with E-state index in [0.717, 1.165) is 13.1 Å². The van der Waals surface area contributed by atoms with Crippen LogP contribution in [0.1, 0.15) is 31.0 Å². The van der Waals surface area contributed by atoms with Gasteiger partial charge in [-0.2, -0.15) is 0 Å². The fourth-order valence-electron chi connectivity index (χ4n) is 2.49. The van der Waals surface area contributed by atoms with Crippen LogP contribution in [-0.2, 0) is 0 Å². The lowest BCUT2D eigenvalue weighted by Crippen LogP contribution is -2.29. The first-order chi connectivity index (χ1) is 7.58. The Labute approximate surface area is 98.4 Å². The summed E-state index contributed by atoms with van der Waals surface area (Å²) in [6.07, 6.45) is 0. The lowest BCUT2D eigenvalue weighted by atomic mass is 10.0. The zero-order valence-electron chi connectivity index (χ0n) is 10.5. The molecule has 0 amide bonds. The van der Waals surface area contributed by atoms with Gasteiger partial charge in [-0.3, -0.25) is 4.90 Å². The molecule has 0 bridgehead atoms. The molecular weight excluding hydrogens is 196 g/mol. The molecule has 1 aromatic carbocycles. The Morgan fingerprint density at radius 3 is 2.69 bits per heavy atom. The van der Waals surface area contributed by atoms with Gasteiger partial charge in [0, 0.05) is 25.2 Å². The van der Waals surface area contributed by atoms with Crippen LogP contribution in [-0.4, -0.2) is 24.0 Å². The maximum absolute atomic E-state index is 6.07. The number of rotatable bonds is 2. The van der Waals surface area contributed by atoms with Crippen LogP contribution in [0.25, 0.3) is 0 Å². The van der Waals surface area contributed by atoms with E-state index in [9.17, 15) is 0 Å². The first-order valence-electron chi connectivity index (χ1n) is 6.14. The molecule has 0 saturated carbocycles. The van der Waals surface area contributed by atoms with E-state index in [1.165, 1.54) is 11.1 Å². The van der Waals surface area contributed by atoms with Crippen LogP contribution in [0.4, 0.5) is 0 Å². The van der Waals surface area contributed by atoms with Crippen molar-refractivity contribution in [2.45, 2.75) is 32.9 Å². The standard InChI is InChI=1S/C14H22N2/c1-10-5-4-6-13(7-10)12(3)16-8-11(2)14(15)9-16/h4-7,11-12,14H,8-9,15H2,1-3H3. The maximum atomic E-state index is 6.07. The second-order valence-electron chi connectivity index (χ2n) is 5.19. The summed E-state index contributed by atoms with van der Waals surface area (Å²) in [5.41, 5.74) is 8.81. The number of nitrogens with two attached hydrogens (primary N) is 1. The number of benzene rings is 1. The first kappa shape index (κ1) is 11.6. The Balaban J connectivity index is 2.11. The number of aryl methyl sites for hydroxylation is 1. The molecule has 2 heteroatoms. The minimum atomic E-state index is 0.340. The van der Waals surface area contributed by atoms with Crippen LogP contribution < -0.4 is 5.73 Å². The van der Waals surface area contributed by atoms with Gasteiger partial charge in [-0.15, -0.1) is 0 Å². The predicted molar refractivity (Wildman–Crippen MR) is 68.3 cm³/mol. The van der Waals surface area contributed by atoms with E-state index in [0.29, 0.717) is 18.0 Å². The van der Waals surface area contributed by atoms with Crippen LogP contribution in [0.3, 0.4) is 0 Å². The number of hydrogen-bond donors (Lipinski definition) is 1. The fraction of sp³-hybridized carbons (Fsp3) is 0.571. The molecule has 0 aromatic heterocycles. The van der Waals surface area contributed by atoms with Crippen molar-refractivity contribution in [2.75, 3.05) is 13.1 Å². The zero-order valence-corrected chi connectivity index (χ0v) is 10.5. The van der Waals surface area contributed by atoms with Gasteiger partial charge in [-0.1, -0.05) is 36.8 Å². The van der Waals surface area contributed by atoms with E-state index in [-0.39, 0.29) is 0 Å². The third-order valence-electron chi connectivity index (χ3n) is 3.77. The van der Waals surface area contributed by atoms with Gasteiger partial charge >= 0.3 is 0 Å². The molecule has 16 heavy (non-hydrogen) atoms. The molecule has 1 heterocycles. The predicted octanol–water partition coefficient (Wildman–Crippen LogP) is 2.34. The SMILES string of the molecule is Cc1cccc(C(C)N2CC(C)C(N)C2)c1. The molecule has 3 unspecified atom stereocenters. The lowest BCUT2D eigenvalue weighted by molar-refractivity contribution is 0.253. The minimum absolute atomic E-state index is 0.340. The smallest absolute Gasteiger partial charge is 0.0320 e.